The van der Waals surface area contributed by atoms with Crippen LogP contribution in [0.4, 0.5) is 5.82 Å². The van der Waals surface area contributed by atoms with Gasteiger partial charge in [0.15, 0.2) is 0 Å². The second-order valence-corrected chi connectivity index (χ2v) is 9.55. The lowest BCUT2D eigenvalue weighted by molar-refractivity contribution is 0.373. The molecule has 4 rings (SSSR count). The smallest absolute Gasteiger partial charge is 0.246 e. The first-order chi connectivity index (χ1) is 14.9. The summed E-state index contributed by atoms with van der Waals surface area (Å²) in [4.78, 5) is 11.3. The molecule has 2 heterocycles. The van der Waals surface area contributed by atoms with Gasteiger partial charge in [-0.15, -0.1) is 0 Å². The third-order valence-corrected chi connectivity index (χ3v) is 7.36. The molecule has 1 saturated heterocycles. The fourth-order valence-electron chi connectivity index (χ4n) is 3.62. The number of aromatic nitrogens is 2. The molecule has 2 aromatic carbocycles. The standard InChI is InChI=1S/C22H23ClN4O3S/c1-16-24-19(17-6-4-3-5-7-17)15-22(25-16)26-10-12-27(13-11-26)31(28,29)21-14-18(23)8-9-20(21)30-2/h3-9,14-15H,10-13H2,1-2H3. The average molecular weight is 459 g/mol. The highest BCUT2D eigenvalue weighted by Crippen LogP contribution is 2.31. The predicted octanol–water partition coefficient (Wildman–Crippen LogP) is 3.62. The summed E-state index contributed by atoms with van der Waals surface area (Å²) >= 11 is 6.04. The second-order valence-electron chi connectivity index (χ2n) is 7.21. The van der Waals surface area contributed by atoms with E-state index in [2.05, 4.69) is 14.9 Å². The van der Waals surface area contributed by atoms with Crippen LogP contribution < -0.4 is 9.64 Å². The molecule has 3 aromatic rings. The van der Waals surface area contributed by atoms with E-state index in [-0.39, 0.29) is 10.6 Å². The van der Waals surface area contributed by atoms with Crippen molar-refractivity contribution in [2.24, 2.45) is 0 Å². The molecule has 0 atom stereocenters. The zero-order chi connectivity index (χ0) is 22.0. The van der Waals surface area contributed by atoms with Crippen molar-refractivity contribution in [2.45, 2.75) is 11.8 Å². The zero-order valence-electron chi connectivity index (χ0n) is 17.3. The molecule has 0 aliphatic carbocycles. The maximum absolute atomic E-state index is 13.2. The molecular weight excluding hydrogens is 436 g/mol. The first kappa shape index (κ1) is 21.5. The van der Waals surface area contributed by atoms with Crippen LogP contribution in [0.25, 0.3) is 11.3 Å². The number of methoxy groups -OCH3 is 1. The third kappa shape index (κ3) is 4.51. The lowest BCUT2D eigenvalue weighted by Crippen LogP contribution is -2.49. The van der Waals surface area contributed by atoms with Gasteiger partial charge in [0, 0.05) is 42.8 Å². The fraction of sp³-hybridized carbons (Fsp3) is 0.273. The van der Waals surface area contributed by atoms with E-state index in [4.69, 9.17) is 16.3 Å². The number of hydrogen-bond acceptors (Lipinski definition) is 6. The van der Waals surface area contributed by atoms with Crippen LogP contribution in [-0.4, -0.2) is 56.0 Å². The molecule has 0 radical (unpaired) electrons. The molecule has 162 valence electrons. The summed E-state index contributed by atoms with van der Waals surface area (Å²) in [6.45, 7) is 3.57. The highest BCUT2D eigenvalue weighted by molar-refractivity contribution is 7.89. The quantitative estimate of drug-likeness (QED) is 0.581. The largest absolute Gasteiger partial charge is 0.495 e. The Bertz CT molecular complexity index is 1180. The van der Waals surface area contributed by atoms with Gasteiger partial charge in [0.2, 0.25) is 10.0 Å². The maximum Gasteiger partial charge on any atom is 0.246 e. The Labute approximate surface area is 187 Å². The Morgan fingerprint density at radius 2 is 1.68 bits per heavy atom. The van der Waals surface area contributed by atoms with Crippen LogP contribution in [-0.2, 0) is 10.0 Å². The highest BCUT2D eigenvalue weighted by Gasteiger charge is 2.31. The molecule has 7 nitrogen and oxygen atoms in total. The third-order valence-electron chi connectivity index (χ3n) is 5.20. The van der Waals surface area contributed by atoms with Gasteiger partial charge in [-0.2, -0.15) is 4.31 Å². The number of hydrogen-bond donors (Lipinski definition) is 0. The summed E-state index contributed by atoms with van der Waals surface area (Å²) in [5, 5.41) is 0.350. The highest BCUT2D eigenvalue weighted by atomic mass is 35.5. The van der Waals surface area contributed by atoms with Crippen molar-refractivity contribution < 1.29 is 13.2 Å². The number of halogens is 1. The number of rotatable bonds is 5. The number of benzene rings is 2. The van der Waals surface area contributed by atoms with E-state index in [1.54, 1.807) is 12.1 Å². The van der Waals surface area contributed by atoms with Gasteiger partial charge in [-0.3, -0.25) is 0 Å². The first-order valence-corrected chi connectivity index (χ1v) is 11.7. The van der Waals surface area contributed by atoms with Gasteiger partial charge in [-0.05, 0) is 25.1 Å². The van der Waals surface area contributed by atoms with Crippen LogP contribution in [0.1, 0.15) is 5.82 Å². The van der Waals surface area contributed by atoms with Gasteiger partial charge in [0.05, 0.1) is 12.8 Å². The molecule has 0 unspecified atom stereocenters. The lowest BCUT2D eigenvalue weighted by atomic mass is 10.1. The summed E-state index contributed by atoms with van der Waals surface area (Å²) < 4.78 is 33.1. The summed E-state index contributed by atoms with van der Waals surface area (Å²) in [6.07, 6.45) is 0. The van der Waals surface area contributed by atoms with Crippen LogP contribution in [0.2, 0.25) is 5.02 Å². The molecular formula is C22H23ClN4O3S. The van der Waals surface area contributed by atoms with Crippen LogP contribution in [0, 0.1) is 6.92 Å². The molecule has 1 aliphatic rings. The van der Waals surface area contributed by atoms with E-state index in [0.29, 0.717) is 37.0 Å². The van der Waals surface area contributed by atoms with E-state index in [1.807, 2.05) is 43.3 Å². The molecule has 9 heteroatoms. The average Bonchev–Trinajstić information content (AvgIpc) is 2.79. The van der Waals surface area contributed by atoms with Crippen molar-refractivity contribution in [1.29, 1.82) is 0 Å². The minimum atomic E-state index is -3.73. The Morgan fingerprint density at radius 1 is 0.968 bits per heavy atom. The van der Waals surface area contributed by atoms with Crippen LogP contribution in [0.5, 0.6) is 5.75 Å². The normalized spacial score (nSPS) is 15.1. The predicted molar refractivity (Wildman–Crippen MR) is 121 cm³/mol. The molecule has 1 aromatic heterocycles. The van der Waals surface area contributed by atoms with Crippen LogP contribution in [0.15, 0.2) is 59.5 Å². The number of sulfonamides is 1. The van der Waals surface area contributed by atoms with E-state index in [1.165, 1.54) is 17.5 Å². The molecule has 1 aliphatic heterocycles. The summed E-state index contributed by atoms with van der Waals surface area (Å²) in [5.41, 5.74) is 1.87. The number of piperazine rings is 1. The monoisotopic (exact) mass is 458 g/mol. The van der Waals surface area contributed by atoms with Gasteiger partial charge in [0.1, 0.15) is 22.3 Å². The summed E-state index contributed by atoms with van der Waals surface area (Å²) in [5.74, 6) is 1.75. The molecule has 31 heavy (non-hydrogen) atoms. The van der Waals surface area contributed by atoms with Crippen molar-refractivity contribution in [2.75, 3.05) is 38.2 Å². The zero-order valence-corrected chi connectivity index (χ0v) is 18.9. The van der Waals surface area contributed by atoms with Gasteiger partial charge in [0.25, 0.3) is 0 Å². The van der Waals surface area contributed by atoms with Crippen molar-refractivity contribution >= 4 is 27.4 Å². The Kier molecular flexibility index (Phi) is 6.13. The Balaban J connectivity index is 1.54. The van der Waals surface area contributed by atoms with Crippen molar-refractivity contribution in [1.82, 2.24) is 14.3 Å². The Hall–Kier alpha value is -2.68. The number of ether oxygens (including phenoxy) is 1. The van der Waals surface area contributed by atoms with Crippen LogP contribution >= 0.6 is 11.6 Å². The lowest BCUT2D eigenvalue weighted by Gasteiger charge is -2.35. The first-order valence-electron chi connectivity index (χ1n) is 9.88. The summed E-state index contributed by atoms with van der Waals surface area (Å²) in [7, 11) is -2.28. The SMILES string of the molecule is COc1ccc(Cl)cc1S(=O)(=O)N1CCN(c2cc(-c3ccccc3)nc(C)n2)CC1. The topological polar surface area (TPSA) is 75.6 Å². The number of aryl methyl sites for hydroxylation is 1. The van der Waals surface area contributed by atoms with Crippen molar-refractivity contribution in [3.8, 4) is 17.0 Å². The minimum Gasteiger partial charge on any atom is -0.495 e. The van der Waals surface area contributed by atoms with Gasteiger partial charge in [-0.25, -0.2) is 18.4 Å². The maximum atomic E-state index is 13.2. The van der Waals surface area contributed by atoms with Crippen LogP contribution in [0.3, 0.4) is 0 Å². The molecule has 0 amide bonds. The molecule has 0 bridgehead atoms. The van der Waals surface area contributed by atoms with Crippen molar-refractivity contribution in [3.05, 3.63) is 65.4 Å². The number of nitrogens with zero attached hydrogens (tertiary/aromatic N) is 4. The molecule has 0 saturated carbocycles. The molecule has 0 N–H and O–H groups in total. The molecule has 1 fully saturated rings. The van der Waals surface area contributed by atoms with Gasteiger partial charge < -0.3 is 9.64 Å². The van der Waals surface area contributed by atoms with E-state index in [9.17, 15) is 8.42 Å². The van der Waals surface area contributed by atoms with Crippen molar-refractivity contribution in [3.63, 3.8) is 0 Å². The fourth-order valence-corrected chi connectivity index (χ4v) is 5.46. The van der Waals surface area contributed by atoms with E-state index >= 15 is 0 Å². The van der Waals surface area contributed by atoms with E-state index < -0.39 is 10.0 Å². The summed E-state index contributed by atoms with van der Waals surface area (Å²) in [6, 6.07) is 16.5. The van der Waals surface area contributed by atoms with E-state index in [0.717, 1.165) is 17.1 Å². The number of anilines is 1. The van der Waals surface area contributed by atoms with Gasteiger partial charge in [-0.1, -0.05) is 41.9 Å². The second kappa shape index (κ2) is 8.82. The molecule has 0 spiro atoms. The van der Waals surface area contributed by atoms with Gasteiger partial charge >= 0.3 is 0 Å². The minimum absolute atomic E-state index is 0.0835. The Morgan fingerprint density at radius 3 is 2.35 bits per heavy atom.